The molecule has 0 saturated carbocycles. The van der Waals surface area contributed by atoms with Crippen molar-refractivity contribution in [1.29, 1.82) is 0 Å². The minimum atomic E-state index is -0.0717. The molecule has 2 heterocycles. The number of aromatic amines is 1. The van der Waals surface area contributed by atoms with Crippen LogP contribution in [0.5, 0.6) is 0 Å². The molecule has 1 aliphatic carbocycles. The molecule has 132 valence electrons. The van der Waals surface area contributed by atoms with E-state index in [1.807, 2.05) is 28.5 Å². The highest BCUT2D eigenvalue weighted by Gasteiger charge is 2.33. The summed E-state index contributed by atoms with van der Waals surface area (Å²) in [6.07, 6.45) is 4.69. The number of hydrogen-bond donors (Lipinski definition) is 1. The highest BCUT2D eigenvalue weighted by Crippen LogP contribution is 2.32. The Labute approximate surface area is 143 Å². The first-order valence-electron chi connectivity index (χ1n) is 9.00. The van der Waals surface area contributed by atoms with E-state index in [9.17, 15) is 9.59 Å². The Hall–Kier alpha value is -2.05. The Kier molecular flexibility index (Phi) is 5.06. The molecular weight excluding hydrogens is 306 g/mol. The molecule has 1 fully saturated rings. The van der Waals surface area contributed by atoms with E-state index in [0.29, 0.717) is 26.2 Å². The van der Waals surface area contributed by atoms with Crippen LogP contribution in [-0.2, 0) is 11.2 Å². The Balaban J connectivity index is 1.59. The van der Waals surface area contributed by atoms with E-state index < -0.39 is 0 Å². The van der Waals surface area contributed by atoms with Crippen molar-refractivity contribution in [2.45, 2.75) is 39.0 Å². The molecule has 1 saturated heterocycles. The van der Waals surface area contributed by atoms with Gasteiger partial charge in [0, 0.05) is 50.5 Å². The summed E-state index contributed by atoms with van der Waals surface area (Å²) < 4.78 is 0. The lowest BCUT2D eigenvalue weighted by Gasteiger charge is -2.38. The van der Waals surface area contributed by atoms with Crippen LogP contribution in [0.1, 0.15) is 43.9 Å². The maximum Gasteiger partial charge on any atom is 0.320 e. The first-order chi connectivity index (χ1) is 11.7. The second kappa shape index (κ2) is 7.23. The maximum atomic E-state index is 12.9. The van der Waals surface area contributed by atoms with Crippen molar-refractivity contribution in [3.63, 3.8) is 0 Å². The summed E-state index contributed by atoms with van der Waals surface area (Å²) >= 11 is 0. The number of aromatic nitrogens is 2. The smallest absolute Gasteiger partial charge is 0.320 e. The number of carbonyl (C=O) groups excluding carboxylic acids is 2. The van der Waals surface area contributed by atoms with Crippen LogP contribution in [0.4, 0.5) is 4.79 Å². The molecule has 0 spiro atoms. The number of nitrogens with zero attached hydrogens (tertiary/aromatic N) is 4. The number of hydrogen-bond acceptors (Lipinski definition) is 3. The lowest BCUT2D eigenvalue weighted by atomic mass is 9.86. The molecule has 1 N–H and O–H groups in total. The quantitative estimate of drug-likeness (QED) is 0.909. The molecule has 2 aliphatic rings. The zero-order valence-electron chi connectivity index (χ0n) is 14.6. The fourth-order valence-corrected chi connectivity index (χ4v) is 3.75. The molecule has 24 heavy (non-hydrogen) atoms. The summed E-state index contributed by atoms with van der Waals surface area (Å²) in [7, 11) is 0. The molecule has 0 radical (unpaired) electrons. The number of urea groups is 1. The molecule has 1 atom stereocenters. The number of H-pyrrole nitrogens is 1. The Morgan fingerprint density at radius 3 is 2.54 bits per heavy atom. The second-order valence-electron chi connectivity index (χ2n) is 6.52. The lowest BCUT2D eigenvalue weighted by molar-refractivity contribution is -0.134. The minimum Gasteiger partial charge on any atom is -0.339 e. The fraction of sp³-hybridized carbons (Fsp3) is 0.706. The lowest BCUT2D eigenvalue weighted by Crippen LogP contribution is -2.54. The van der Waals surface area contributed by atoms with Gasteiger partial charge in [0.2, 0.25) is 5.91 Å². The normalized spacial score (nSPS) is 20.7. The van der Waals surface area contributed by atoms with Gasteiger partial charge in [0.15, 0.2) is 0 Å². The molecule has 1 aliphatic heterocycles. The van der Waals surface area contributed by atoms with E-state index in [-0.39, 0.29) is 17.9 Å². The van der Waals surface area contributed by atoms with Crippen molar-refractivity contribution in [3.8, 4) is 0 Å². The molecule has 0 aromatic carbocycles. The second-order valence-corrected chi connectivity index (χ2v) is 6.52. The van der Waals surface area contributed by atoms with Crippen molar-refractivity contribution in [3.05, 3.63) is 17.5 Å². The molecule has 1 aromatic rings. The summed E-state index contributed by atoms with van der Waals surface area (Å²) in [4.78, 5) is 30.9. The average molecular weight is 333 g/mol. The highest BCUT2D eigenvalue weighted by molar-refractivity contribution is 5.84. The van der Waals surface area contributed by atoms with E-state index in [1.165, 1.54) is 0 Å². The largest absolute Gasteiger partial charge is 0.339 e. The molecule has 3 amide bonds. The third-order valence-electron chi connectivity index (χ3n) is 5.24. The molecule has 3 rings (SSSR count). The van der Waals surface area contributed by atoms with Crippen LogP contribution in [0.25, 0.3) is 0 Å². The number of carbonyl (C=O) groups is 2. The number of rotatable bonds is 3. The molecule has 0 bridgehead atoms. The van der Waals surface area contributed by atoms with Crippen LogP contribution >= 0.6 is 0 Å². The summed E-state index contributed by atoms with van der Waals surface area (Å²) in [6, 6.07) is 0.0851. The number of nitrogens with one attached hydrogen (secondary N) is 1. The standard InChI is InChI=1S/C17H27N5O2/c1-3-20(4-2)17(24)22-10-8-21(9-11-22)16(23)13-6-5-7-15-14(13)12-18-19-15/h12-13H,3-11H2,1-2H3,(H,18,19)/t13-/m1/s1. The van der Waals surface area contributed by atoms with Crippen LogP contribution in [0.2, 0.25) is 0 Å². The first-order valence-corrected chi connectivity index (χ1v) is 9.00. The average Bonchev–Trinajstić information content (AvgIpc) is 3.11. The van der Waals surface area contributed by atoms with Gasteiger partial charge in [0.05, 0.1) is 12.1 Å². The molecule has 7 nitrogen and oxygen atoms in total. The monoisotopic (exact) mass is 333 g/mol. The number of aryl methyl sites for hydroxylation is 1. The predicted octanol–water partition coefficient (Wildman–Crippen LogP) is 1.44. The van der Waals surface area contributed by atoms with Crippen LogP contribution in [0.3, 0.4) is 0 Å². The fourth-order valence-electron chi connectivity index (χ4n) is 3.75. The Morgan fingerprint density at radius 2 is 1.88 bits per heavy atom. The third-order valence-corrected chi connectivity index (χ3v) is 5.24. The highest BCUT2D eigenvalue weighted by atomic mass is 16.2. The van der Waals surface area contributed by atoms with E-state index >= 15 is 0 Å². The van der Waals surface area contributed by atoms with Gasteiger partial charge in [-0.1, -0.05) is 0 Å². The number of fused-ring (bicyclic) bond motifs is 1. The summed E-state index contributed by atoms with van der Waals surface area (Å²) in [5.41, 5.74) is 2.17. The van der Waals surface area contributed by atoms with Crippen molar-refractivity contribution in [2.24, 2.45) is 0 Å². The van der Waals surface area contributed by atoms with Gasteiger partial charge >= 0.3 is 6.03 Å². The predicted molar refractivity (Wildman–Crippen MR) is 90.7 cm³/mol. The van der Waals surface area contributed by atoms with Crippen LogP contribution in [0, 0.1) is 0 Å². The zero-order chi connectivity index (χ0) is 17.1. The summed E-state index contributed by atoms with van der Waals surface area (Å²) in [5, 5.41) is 7.11. The van der Waals surface area contributed by atoms with Gasteiger partial charge in [-0.25, -0.2) is 4.79 Å². The Bertz CT molecular complexity index is 588. The van der Waals surface area contributed by atoms with Crippen LogP contribution in [-0.4, -0.2) is 76.1 Å². The van der Waals surface area contributed by atoms with E-state index in [0.717, 1.165) is 43.6 Å². The molecular formula is C17H27N5O2. The molecule has 7 heteroatoms. The van der Waals surface area contributed by atoms with Gasteiger partial charge in [0.1, 0.15) is 0 Å². The zero-order valence-corrected chi connectivity index (χ0v) is 14.6. The van der Waals surface area contributed by atoms with Crippen molar-refractivity contribution in [1.82, 2.24) is 24.9 Å². The first kappa shape index (κ1) is 16.8. The SMILES string of the molecule is CCN(CC)C(=O)N1CCN(C(=O)[C@@H]2CCCc3[nH]ncc32)CC1. The summed E-state index contributed by atoms with van der Waals surface area (Å²) in [6.45, 7) is 7.91. The van der Waals surface area contributed by atoms with Crippen LogP contribution < -0.4 is 0 Å². The van der Waals surface area contributed by atoms with E-state index in [1.54, 1.807) is 6.20 Å². The van der Waals surface area contributed by atoms with Gasteiger partial charge in [-0.2, -0.15) is 5.10 Å². The molecule has 1 aromatic heterocycles. The van der Waals surface area contributed by atoms with Gasteiger partial charge in [-0.05, 0) is 33.1 Å². The number of amides is 3. The van der Waals surface area contributed by atoms with Gasteiger partial charge in [-0.3, -0.25) is 9.89 Å². The third kappa shape index (κ3) is 3.12. The van der Waals surface area contributed by atoms with Crippen molar-refractivity contribution in [2.75, 3.05) is 39.3 Å². The molecule has 0 unspecified atom stereocenters. The van der Waals surface area contributed by atoms with Crippen LogP contribution in [0.15, 0.2) is 6.20 Å². The summed E-state index contributed by atoms with van der Waals surface area (Å²) in [5.74, 6) is 0.116. The van der Waals surface area contributed by atoms with E-state index in [2.05, 4.69) is 10.2 Å². The Morgan fingerprint density at radius 1 is 1.21 bits per heavy atom. The van der Waals surface area contributed by atoms with Crippen molar-refractivity contribution >= 4 is 11.9 Å². The minimum absolute atomic E-state index is 0.0717. The van der Waals surface area contributed by atoms with Gasteiger partial charge < -0.3 is 14.7 Å². The van der Waals surface area contributed by atoms with E-state index in [4.69, 9.17) is 0 Å². The van der Waals surface area contributed by atoms with Gasteiger partial charge in [-0.15, -0.1) is 0 Å². The van der Waals surface area contributed by atoms with Crippen molar-refractivity contribution < 1.29 is 9.59 Å². The number of piperazine rings is 1. The van der Waals surface area contributed by atoms with Gasteiger partial charge in [0.25, 0.3) is 0 Å². The maximum absolute atomic E-state index is 12.9. The topological polar surface area (TPSA) is 72.5 Å².